The highest BCUT2D eigenvalue weighted by Crippen LogP contribution is 2.32. The van der Waals surface area contributed by atoms with E-state index in [0.29, 0.717) is 10.0 Å². The summed E-state index contributed by atoms with van der Waals surface area (Å²) in [6.45, 7) is 1.80. The molecular weight excluding hydrogens is 347 g/mol. The Morgan fingerprint density at radius 3 is 2.83 bits per heavy atom. The molecule has 116 valence electrons. The zero-order valence-electron chi connectivity index (χ0n) is 12.3. The van der Waals surface area contributed by atoms with Gasteiger partial charge in [0.05, 0.1) is 10.5 Å². The lowest BCUT2D eigenvalue weighted by Crippen LogP contribution is -2.24. The summed E-state index contributed by atoms with van der Waals surface area (Å²) >= 11 is 14.4. The van der Waals surface area contributed by atoms with Crippen molar-refractivity contribution in [3.8, 4) is 0 Å². The van der Waals surface area contributed by atoms with Crippen LogP contribution in [0.25, 0.3) is 10.9 Å². The van der Waals surface area contributed by atoms with E-state index in [1.165, 1.54) is 10.5 Å². The third-order valence-corrected chi connectivity index (χ3v) is 5.63. The SMILES string of the molecule is Clc1ccc2nc(N3CCSc4ccccc4C3)cc(Cl)c2c1. The molecule has 1 aliphatic heterocycles. The fraction of sp³-hybridized carbons (Fsp3) is 0.167. The Morgan fingerprint density at radius 2 is 1.91 bits per heavy atom. The van der Waals surface area contributed by atoms with Crippen LogP contribution in [0.3, 0.4) is 0 Å². The van der Waals surface area contributed by atoms with E-state index in [0.717, 1.165) is 35.6 Å². The number of hydrogen-bond donors (Lipinski definition) is 0. The molecule has 0 saturated heterocycles. The number of benzene rings is 2. The Morgan fingerprint density at radius 1 is 1.04 bits per heavy atom. The molecule has 3 aromatic rings. The summed E-state index contributed by atoms with van der Waals surface area (Å²) in [6.07, 6.45) is 0. The van der Waals surface area contributed by atoms with Crippen molar-refractivity contribution in [1.29, 1.82) is 0 Å². The molecule has 0 amide bonds. The number of thioether (sulfide) groups is 1. The van der Waals surface area contributed by atoms with Crippen LogP contribution in [0.15, 0.2) is 53.4 Å². The van der Waals surface area contributed by atoms with Crippen molar-refractivity contribution >= 4 is 51.7 Å². The molecule has 2 heterocycles. The third kappa shape index (κ3) is 3.01. The molecule has 0 bridgehead atoms. The maximum Gasteiger partial charge on any atom is 0.131 e. The molecule has 0 aliphatic carbocycles. The van der Waals surface area contributed by atoms with Crippen LogP contribution >= 0.6 is 35.0 Å². The highest BCUT2D eigenvalue weighted by Gasteiger charge is 2.17. The molecule has 1 aliphatic rings. The molecular formula is C18H14Cl2N2S. The summed E-state index contributed by atoms with van der Waals surface area (Å²) in [5.74, 6) is 1.96. The Labute approximate surface area is 149 Å². The van der Waals surface area contributed by atoms with Gasteiger partial charge in [-0.25, -0.2) is 4.98 Å². The average molecular weight is 361 g/mol. The van der Waals surface area contributed by atoms with Crippen molar-refractivity contribution < 1.29 is 0 Å². The van der Waals surface area contributed by atoms with E-state index in [2.05, 4.69) is 29.2 Å². The van der Waals surface area contributed by atoms with Gasteiger partial charge in [-0.3, -0.25) is 0 Å². The van der Waals surface area contributed by atoms with E-state index in [4.69, 9.17) is 28.2 Å². The first-order valence-electron chi connectivity index (χ1n) is 7.42. The molecule has 0 unspecified atom stereocenters. The van der Waals surface area contributed by atoms with Gasteiger partial charge in [-0.2, -0.15) is 0 Å². The van der Waals surface area contributed by atoms with Crippen LogP contribution in [0.1, 0.15) is 5.56 Å². The van der Waals surface area contributed by atoms with Gasteiger partial charge < -0.3 is 4.90 Å². The van der Waals surface area contributed by atoms with Crippen molar-refractivity contribution in [2.24, 2.45) is 0 Å². The van der Waals surface area contributed by atoms with Crippen LogP contribution in [-0.4, -0.2) is 17.3 Å². The van der Waals surface area contributed by atoms with Crippen molar-refractivity contribution in [1.82, 2.24) is 4.98 Å². The first-order chi connectivity index (χ1) is 11.2. The summed E-state index contributed by atoms with van der Waals surface area (Å²) in [6, 6.07) is 16.1. The second-order valence-electron chi connectivity index (χ2n) is 5.50. The fourth-order valence-electron chi connectivity index (χ4n) is 2.83. The number of aromatic nitrogens is 1. The summed E-state index contributed by atoms with van der Waals surface area (Å²) in [5, 5.41) is 2.26. The molecule has 0 N–H and O–H groups in total. The zero-order valence-corrected chi connectivity index (χ0v) is 14.6. The minimum Gasteiger partial charge on any atom is -0.351 e. The number of fused-ring (bicyclic) bond motifs is 2. The molecule has 0 saturated carbocycles. The standard InChI is InChI=1S/C18H14Cl2N2S/c19-13-5-6-16-14(9-13)15(20)10-18(21-16)22-7-8-23-17-4-2-1-3-12(17)11-22/h1-6,9-10H,7-8,11H2. The molecule has 5 heteroatoms. The minimum atomic E-state index is 0.675. The molecule has 0 radical (unpaired) electrons. The van der Waals surface area contributed by atoms with Crippen LogP contribution in [0.4, 0.5) is 5.82 Å². The van der Waals surface area contributed by atoms with Crippen molar-refractivity contribution in [3.05, 3.63) is 64.1 Å². The normalized spacial score (nSPS) is 14.6. The molecule has 2 aromatic carbocycles. The zero-order chi connectivity index (χ0) is 15.8. The second-order valence-corrected chi connectivity index (χ2v) is 7.48. The number of anilines is 1. The number of rotatable bonds is 1. The average Bonchev–Trinajstić information content (AvgIpc) is 2.77. The van der Waals surface area contributed by atoms with Gasteiger partial charge in [0.1, 0.15) is 5.82 Å². The molecule has 1 aromatic heterocycles. The first kappa shape index (κ1) is 15.1. The third-order valence-electron chi connectivity index (χ3n) is 3.98. The van der Waals surface area contributed by atoms with Gasteiger partial charge in [-0.15, -0.1) is 11.8 Å². The Bertz CT molecular complexity index is 882. The predicted molar refractivity (Wildman–Crippen MR) is 100.0 cm³/mol. The Balaban J connectivity index is 1.75. The van der Waals surface area contributed by atoms with Gasteiger partial charge >= 0.3 is 0 Å². The van der Waals surface area contributed by atoms with E-state index in [-0.39, 0.29) is 0 Å². The predicted octanol–water partition coefficient (Wildman–Crippen LogP) is 5.65. The summed E-state index contributed by atoms with van der Waals surface area (Å²) < 4.78 is 0. The van der Waals surface area contributed by atoms with E-state index >= 15 is 0 Å². The van der Waals surface area contributed by atoms with Gasteiger partial charge in [-0.05, 0) is 35.9 Å². The Hall–Kier alpha value is -1.42. The molecule has 0 spiro atoms. The van der Waals surface area contributed by atoms with E-state index in [1.807, 2.05) is 36.0 Å². The van der Waals surface area contributed by atoms with E-state index in [1.54, 1.807) is 0 Å². The van der Waals surface area contributed by atoms with Crippen molar-refractivity contribution in [3.63, 3.8) is 0 Å². The molecule has 4 rings (SSSR count). The van der Waals surface area contributed by atoms with Gasteiger partial charge in [0.15, 0.2) is 0 Å². The van der Waals surface area contributed by atoms with E-state index in [9.17, 15) is 0 Å². The lowest BCUT2D eigenvalue weighted by atomic mass is 10.2. The number of hydrogen-bond acceptors (Lipinski definition) is 3. The second kappa shape index (κ2) is 6.23. The number of nitrogens with zero attached hydrogens (tertiary/aromatic N) is 2. The highest BCUT2D eigenvalue weighted by atomic mass is 35.5. The fourth-order valence-corrected chi connectivity index (χ4v) is 4.27. The molecule has 0 atom stereocenters. The van der Waals surface area contributed by atoms with Crippen molar-refractivity contribution in [2.45, 2.75) is 11.4 Å². The van der Waals surface area contributed by atoms with Crippen LogP contribution in [0.5, 0.6) is 0 Å². The minimum absolute atomic E-state index is 0.675. The number of halogens is 2. The van der Waals surface area contributed by atoms with Crippen LogP contribution < -0.4 is 4.90 Å². The monoisotopic (exact) mass is 360 g/mol. The highest BCUT2D eigenvalue weighted by molar-refractivity contribution is 7.99. The lowest BCUT2D eigenvalue weighted by molar-refractivity contribution is 0.821. The Kier molecular flexibility index (Phi) is 4.10. The maximum atomic E-state index is 6.46. The van der Waals surface area contributed by atoms with Gasteiger partial charge in [0.25, 0.3) is 0 Å². The molecule has 0 fully saturated rings. The summed E-state index contributed by atoms with van der Waals surface area (Å²) in [7, 11) is 0. The van der Waals surface area contributed by atoms with Crippen LogP contribution in [0, 0.1) is 0 Å². The van der Waals surface area contributed by atoms with Crippen LogP contribution in [0.2, 0.25) is 10.0 Å². The topological polar surface area (TPSA) is 16.1 Å². The number of pyridine rings is 1. The van der Waals surface area contributed by atoms with Gasteiger partial charge in [-0.1, -0.05) is 41.4 Å². The summed E-state index contributed by atoms with van der Waals surface area (Å²) in [5.41, 5.74) is 2.21. The molecule has 23 heavy (non-hydrogen) atoms. The van der Waals surface area contributed by atoms with Gasteiger partial charge in [0, 0.05) is 34.1 Å². The van der Waals surface area contributed by atoms with Gasteiger partial charge in [0.2, 0.25) is 0 Å². The maximum absolute atomic E-state index is 6.46. The smallest absolute Gasteiger partial charge is 0.131 e. The largest absolute Gasteiger partial charge is 0.351 e. The van der Waals surface area contributed by atoms with Crippen LogP contribution in [-0.2, 0) is 6.54 Å². The van der Waals surface area contributed by atoms with Crippen molar-refractivity contribution in [2.75, 3.05) is 17.2 Å². The van der Waals surface area contributed by atoms with E-state index < -0.39 is 0 Å². The lowest BCUT2D eigenvalue weighted by Gasteiger charge is -2.22. The first-order valence-corrected chi connectivity index (χ1v) is 9.16. The molecule has 2 nitrogen and oxygen atoms in total. The quantitative estimate of drug-likeness (QED) is 0.557. The summed E-state index contributed by atoms with van der Waals surface area (Å²) in [4.78, 5) is 8.43.